The van der Waals surface area contributed by atoms with E-state index in [0.29, 0.717) is 0 Å². The third-order valence-electron chi connectivity index (χ3n) is 1.55. The Balaban J connectivity index is 0. The molecule has 2 aromatic rings. The molecule has 0 spiro atoms. The van der Waals surface area contributed by atoms with E-state index in [4.69, 9.17) is 0 Å². The minimum atomic E-state index is 0. The van der Waals surface area contributed by atoms with Gasteiger partial charge in [-0.25, -0.2) is 0 Å². The van der Waals surface area contributed by atoms with Crippen molar-refractivity contribution in [1.82, 2.24) is 0 Å². The van der Waals surface area contributed by atoms with E-state index in [9.17, 15) is 0 Å². The maximum Gasteiger partial charge on any atom is 0 e. The maximum atomic E-state index is 2.12. The third-order valence-corrected chi connectivity index (χ3v) is 1.55. The summed E-state index contributed by atoms with van der Waals surface area (Å²) in [7, 11) is 0. The van der Waals surface area contributed by atoms with Crippen LogP contribution in [0.15, 0.2) is 42.5 Å². The number of benzene rings is 1. The Morgan fingerprint density at radius 3 is 2.25 bits per heavy atom. The van der Waals surface area contributed by atoms with Gasteiger partial charge < -0.3 is 14.9 Å². The molecule has 0 saturated carbocycles. The number of rotatable bonds is 0. The summed E-state index contributed by atoms with van der Waals surface area (Å²) in [6.45, 7) is 0. The molecule has 2 aromatic carbocycles. The van der Waals surface area contributed by atoms with Crippen LogP contribution in [0.25, 0.3) is 10.8 Å². The van der Waals surface area contributed by atoms with Crippen molar-refractivity contribution in [2.24, 2.45) is 0 Å². The van der Waals surface area contributed by atoms with E-state index in [0.717, 1.165) is 0 Å². The third kappa shape index (κ3) is 2.63. The summed E-state index contributed by atoms with van der Waals surface area (Å²) < 4.78 is 0. The van der Waals surface area contributed by atoms with Crippen molar-refractivity contribution in [2.75, 3.05) is 0 Å². The smallest absolute Gasteiger partial charge is 0 e. The molecule has 0 amide bonds. The van der Waals surface area contributed by atoms with Crippen molar-refractivity contribution in [3.63, 3.8) is 0 Å². The molecule has 0 saturated heterocycles. The summed E-state index contributed by atoms with van der Waals surface area (Å²) >= 11 is 0. The van der Waals surface area contributed by atoms with Gasteiger partial charge in [-0.05, 0) is 0 Å². The quantitative estimate of drug-likeness (QED) is 0.514. The van der Waals surface area contributed by atoms with Gasteiger partial charge in [0.1, 0.15) is 0 Å². The average Bonchev–Trinajstić information content (AvgIpc) is 2.33. The molecule has 12 heavy (non-hydrogen) atoms. The van der Waals surface area contributed by atoms with E-state index in [1.54, 1.807) is 0 Å². The second-order valence-electron chi connectivity index (χ2n) is 2.15. The zero-order chi connectivity index (χ0) is 6.10. The zero-order valence-corrected chi connectivity index (χ0v) is 11.1. The topological polar surface area (TPSA) is 0 Å². The minimum Gasteiger partial charge on any atom is -0.358 e. The first kappa shape index (κ1) is 14.2. The van der Waals surface area contributed by atoms with Gasteiger partial charge in [0.15, 0.2) is 0 Å². The number of hydrogen-bond donors (Lipinski definition) is 0. The Hall–Kier alpha value is -0.300. The van der Waals surface area contributed by atoms with Gasteiger partial charge in [0.05, 0.1) is 0 Å². The van der Waals surface area contributed by atoms with Gasteiger partial charge in [0.25, 0.3) is 0 Å². The fraction of sp³-hybridized carbons (Fsp3) is 0. The summed E-state index contributed by atoms with van der Waals surface area (Å²) in [6.07, 6.45) is 0. The van der Waals surface area contributed by atoms with E-state index in [-0.39, 0.29) is 40.7 Å². The van der Waals surface area contributed by atoms with E-state index in [1.165, 1.54) is 10.8 Å². The molecule has 0 aromatic heterocycles. The summed E-state index contributed by atoms with van der Waals surface area (Å²) in [5.41, 5.74) is 0. The van der Waals surface area contributed by atoms with Crippen LogP contribution in [0.5, 0.6) is 0 Å². The van der Waals surface area contributed by atoms with Gasteiger partial charge in [0, 0.05) is 25.8 Å². The molecule has 0 heterocycles. The van der Waals surface area contributed by atoms with E-state index in [2.05, 4.69) is 42.5 Å². The molecule has 64 valence electrons. The molecular formula is C11H13Hf-3. The predicted molar refractivity (Wildman–Crippen MR) is 52.4 cm³/mol. The normalized spacial score (nSPS) is 7.67. The minimum absolute atomic E-state index is 0. The van der Waals surface area contributed by atoms with Gasteiger partial charge in [0.2, 0.25) is 0 Å². The Morgan fingerprint density at radius 2 is 1.58 bits per heavy atom. The van der Waals surface area contributed by atoms with Gasteiger partial charge in [-0.15, -0.1) is 29.7 Å². The van der Waals surface area contributed by atoms with Crippen molar-refractivity contribution in [2.45, 2.75) is 0 Å². The fourth-order valence-corrected chi connectivity index (χ4v) is 1.07. The summed E-state index contributed by atoms with van der Waals surface area (Å²) in [5.74, 6) is 0. The van der Waals surface area contributed by atoms with Crippen molar-refractivity contribution in [1.29, 1.82) is 0 Å². The number of fused-ring (bicyclic) bond motifs is 1. The van der Waals surface area contributed by atoms with E-state index < -0.39 is 0 Å². The molecule has 0 aliphatic heterocycles. The van der Waals surface area contributed by atoms with Crippen LogP contribution in [0.2, 0.25) is 0 Å². The van der Waals surface area contributed by atoms with Crippen LogP contribution in [-0.4, -0.2) is 0 Å². The largest absolute Gasteiger partial charge is 0.358 e. The molecule has 0 aliphatic rings. The van der Waals surface area contributed by atoms with Gasteiger partial charge in [-0.1, -0.05) is 6.07 Å². The van der Waals surface area contributed by atoms with Crippen LogP contribution in [0, 0.1) is 14.9 Å². The van der Waals surface area contributed by atoms with Crippen molar-refractivity contribution < 1.29 is 25.8 Å². The van der Waals surface area contributed by atoms with Crippen LogP contribution in [-0.2, 0) is 25.8 Å². The summed E-state index contributed by atoms with van der Waals surface area (Å²) in [4.78, 5) is 0. The van der Waals surface area contributed by atoms with Gasteiger partial charge >= 0.3 is 0 Å². The summed E-state index contributed by atoms with van der Waals surface area (Å²) in [6, 6.07) is 14.7. The Labute approximate surface area is 93.8 Å². The van der Waals surface area contributed by atoms with Crippen molar-refractivity contribution in [3.8, 4) is 0 Å². The molecule has 0 unspecified atom stereocenters. The molecule has 2 rings (SSSR count). The van der Waals surface area contributed by atoms with E-state index >= 15 is 0 Å². The molecular weight excluding hydrogens is 311 g/mol. The van der Waals surface area contributed by atoms with Crippen LogP contribution in [0.3, 0.4) is 0 Å². The molecule has 0 fully saturated rings. The SMILES string of the molecule is [CH3-].[CH3-].[Hf].c1ccc2[cH-]ccc2c1. The monoisotopic (exact) mass is 325 g/mol. The Kier molecular flexibility index (Phi) is 7.41. The first-order valence-corrected chi connectivity index (χ1v) is 3.07. The van der Waals surface area contributed by atoms with Crippen molar-refractivity contribution in [3.05, 3.63) is 57.3 Å². The Bertz CT molecular complexity index is 279. The fourth-order valence-electron chi connectivity index (χ4n) is 1.07. The molecule has 0 N–H and O–H groups in total. The van der Waals surface area contributed by atoms with Crippen molar-refractivity contribution >= 4 is 10.8 Å². The first-order valence-electron chi connectivity index (χ1n) is 3.07. The van der Waals surface area contributed by atoms with E-state index in [1.807, 2.05) is 0 Å². The first-order chi connectivity index (χ1) is 4.47. The van der Waals surface area contributed by atoms with Crippen LogP contribution >= 0.6 is 0 Å². The summed E-state index contributed by atoms with van der Waals surface area (Å²) in [5, 5.41) is 2.66. The van der Waals surface area contributed by atoms with Crippen LogP contribution in [0.4, 0.5) is 0 Å². The Morgan fingerprint density at radius 1 is 0.917 bits per heavy atom. The molecule has 0 radical (unpaired) electrons. The molecule has 0 aliphatic carbocycles. The zero-order valence-electron chi connectivity index (χ0n) is 7.54. The van der Waals surface area contributed by atoms with Crippen LogP contribution < -0.4 is 0 Å². The van der Waals surface area contributed by atoms with Crippen LogP contribution in [0.1, 0.15) is 0 Å². The number of hydrogen-bond acceptors (Lipinski definition) is 0. The maximum absolute atomic E-state index is 2.12. The standard InChI is InChI=1S/C9H7.2CH3.Hf/c1-2-5-9-7-3-6-8(9)4-1;;;/h1-7H;2*1H3;/q3*-1;. The second kappa shape index (κ2) is 6.24. The molecule has 1 heteroatoms. The molecule has 0 nitrogen and oxygen atoms in total. The molecule has 0 bridgehead atoms. The second-order valence-corrected chi connectivity index (χ2v) is 2.15. The molecule has 0 atom stereocenters. The average molecular weight is 324 g/mol. The predicted octanol–water partition coefficient (Wildman–Crippen LogP) is 3.46. The van der Waals surface area contributed by atoms with Gasteiger partial charge in [-0.2, -0.15) is 17.5 Å². The van der Waals surface area contributed by atoms with Gasteiger partial charge in [-0.3, -0.25) is 0 Å².